The number of likely N-dealkylation sites (N-methyl/N-ethyl adjacent to an activating group) is 1. The van der Waals surface area contributed by atoms with Gasteiger partial charge in [-0.15, -0.1) is 0 Å². The lowest BCUT2D eigenvalue weighted by Crippen LogP contribution is -2.43. The third kappa shape index (κ3) is 2.49. The molecule has 0 spiro atoms. The Morgan fingerprint density at radius 2 is 2.19 bits per heavy atom. The molecule has 1 aliphatic carbocycles. The van der Waals surface area contributed by atoms with Crippen molar-refractivity contribution in [1.82, 2.24) is 5.32 Å². The lowest BCUT2D eigenvalue weighted by Gasteiger charge is -2.34. The maximum Gasteiger partial charge on any atom is 0.0935 e. The van der Waals surface area contributed by atoms with E-state index in [0.29, 0.717) is 11.5 Å². The van der Waals surface area contributed by atoms with Crippen LogP contribution >= 0.6 is 0 Å². The predicted molar refractivity (Wildman–Crippen MR) is 66.5 cm³/mol. The van der Waals surface area contributed by atoms with Crippen LogP contribution in [-0.4, -0.2) is 12.6 Å². The largest absolute Gasteiger partial charge is 0.472 e. The molecule has 1 fully saturated rings. The summed E-state index contributed by atoms with van der Waals surface area (Å²) in [4.78, 5) is 0. The van der Waals surface area contributed by atoms with E-state index in [1.165, 1.54) is 31.2 Å². The van der Waals surface area contributed by atoms with E-state index in [0.717, 1.165) is 13.0 Å². The van der Waals surface area contributed by atoms with E-state index in [2.05, 4.69) is 25.2 Å². The Morgan fingerprint density at radius 1 is 1.44 bits per heavy atom. The normalized spacial score (nSPS) is 21.1. The van der Waals surface area contributed by atoms with Gasteiger partial charge in [0.2, 0.25) is 0 Å². The van der Waals surface area contributed by atoms with Crippen molar-refractivity contribution in [3.63, 3.8) is 0 Å². The van der Waals surface area contributed by atoms with E-state index in [1.54, 1.807) is 6.26 Å². The van der Waals surface area contributed by atoms with Crippen molar-refractivity contribution in [3.8, 4) is 0 Å². The molecule has 2 heteroatoms. The lowest BCUT2D eigenvalue weighted by molar-refractivity contribution is 0.221. The summed E-state index contributed by atoms with van der Waals surface area (Å²) in [5.74, 6) is 0. The molecule has 0 bridgehead atoms. The summed E-state index contributed by atoms with van der Waals surface area (Å²) in [6.45, 7) is 5.69. The van der Waals surface area contributed by atoms with Crippen LogP contribution in [0.2, 0.25) is 0 Å². The van der Waals surface area contributed by atoms with E-state index in [4.69, 9.17) is 4.42 Å². The number of furan rings is 1. The van der Waals surface area contributed by atoms with Crippen molar-refractivity contribution in [2.45, 2.75) is 52.0 Å². The zero-order valence-corrected chi connectivity index (χ0v) is 10.5. The molecule has 0 saturated heterocycles. The van der Waals surface area contributed by atoms with Crippen LogP contribution in [0.3, 0.4) is 0 Å². The minimum Gasteiger partial charge on any atom is -0.472 e. The Bertz CT molecular complexity index is 299. The predicted octanol–water partition coefficient (Wildman–Crippen LogP) is 3.38. The van der Waals surface area contributed by atoms with Gasteiger partial charge in [0.25, 0.3) is 0 Å². The minimum atomic E-state index is 0.479. The first kappa shape index (κ1) is 11.7. The van der Waals surface area contributed by atoms with Gasteiger partial charge in [0.05, 0.1) is 12.5 Å². The molecule has 90 valence electrons. The lowest BCUT2D eigenvalue weighted by atomic mass is 9.78. The number of hydrogen-bond donors (Lipinski definition) is 1. The monoisotopic (exact) mass is 221 g/mol. The highest BCUT2D eigenvalue weighted by Crippen LogP contribution is 2.41. The molecule has 0 aromatic carbocycles. The van der Waals surface area contributed by atoms with E-state index in [9.17, 15) is 0 Å². The van der Waals surface area contributed by atoms with Crippen molar-refractivity contribution in [3.05, 3.63) is 24.2 Å². The highest BCUT2D eigenvalue weighted by molar-refractivity contribution is 5.09. The van der Waals surface area contributed by atoms with E-state index >= 15 is 0 Å². The number of nitrogens with one attached hydrogen (secondary N) is 1. The summed E-state index contributed by atoms with van der Waals surface area (Å²) in [5, 5.41) is 3.66. The Hall–Kier alpha value is -0.760. The molecule has 0 amide bonds. The molecule has 1 heterocycles. The van der Waals surface area contributed by atoms with Gasteiger partial charge in [0.1, 0.15) is 0 Å². The van der Waals surface area contributed by atoms with Crippen molar-refractivity contribution in [2.24, 2.45) is 5.41 Å². The van der Waals surface area contributed by atoms with Crippen LogP contribution in [0.15, 0.2) is 23.0 Å². The molecule has 1 saturated carbocycles. The second-order valence-electron chi connectivity index (χ2n) is 5.31. The average Bonchev–Trinajstić information content (AvgIpc) is 2.89. The Balaban J connectivity index is 2.04. The van der Waals surface area contributed by atoms with Gasteiger partial charge in [-0.3, -0.25) is 0 Å². The van der Waals surface area contributed by atoms with E-state index in [1.807, 2.05) is 6.26 Å². The van der Waals surface area contributed by atoms with E-state index in [-0.39, 0.29) is 0 Å². The summed E-state index contributed by atoms with van der Waals surface area (Å²) in [5.41, 5.74) is 1.80. The summed E-state index contributed by atoms with van der Waals surface area (Å²) in [7, 11) is 0. The fourth-order valence-corrected chi connectivity index (χ4v) is 2.99. The Morgan fingerprint density at radius 3 is 2.75 bits per heavy atom. The topological polar surface area (TPSA) is 25.2 Å². The van der Waals surface area contributed by atoms with Crippen LogP contribution < -0.4 is 5.32 Å². The first-order valence-electron chi connectivity index (χ1n) is 6.49. The summed E-state index contributed by atoms with van der Waals surface area (Å²) in [6.07, 6.45) is 10.3. The third-order valence-corrected chi connectivity index (χ3v) is 4.06. The summed E-state index contributed by atoms with van der Waals surface area (Å²) < 4.78 is 5.16. The van der Waals surface area contributed by atoms with Gasteiger partial charge in [0, 0.05) is 6.04 Å². The third-order valence-electron chi connectivity index (χ3n) is 4.06. The van der Waals surface area contributed by atoms with Crippen LogP contribution in [0.25, 0.3) is 0 Å². The van der Waals surface area contributed by atoms with Crippen LogP contribution in [0, 0.1) is 5.41 Å². The zero-order valence-electron chi connectivity index (χ0n) is 10.5. The molecule has 1 N–H and O–H groups in total. The molecule has 1 atom stereocenters. The fourth-order valence-electron chi connectivity index (χ4n) is 2.99. The highest BCUT2D eigenvalue weighted by atomic mass is 16.3. The smallest absolute Gasteiger partial charge is 0.0935 e. The maximum absolute atomic E-state index is 5.16. The Labute approximate surface area is 98.4 Å². The van der Waals surface area contributed by atoms with Gasteiger partial charge < -0.3 is 9.73 Å². The van der Waals surface area contributed by atoms with Crippen molar-refractivity contribution in [2.75, 3.05) is 6.54 Å². The second-order valence-corrected chi connectivity index (χ2v) is 5.31. The molecule has 1 unspecified atom stereocenters. The fraction of sp³-hybridized carbons (Fsp3) is 0.714. The Kier molecular flexibility index (Phi) is 3.70. The second kappa shape index (κ2) is 5.05. The SMILES string of the molecule is CCNC(Cc1ccoc1)C1(C)CCCC1. The molecular weight excluding hydrogens is 198 g/mol. The zero-order chi connectivity index (χ0) is 11.4. The van der Waals surface area contributed by atoms with Crippen molar-refractivity contribution in [1.29, 1.82) is 0 Å². The average molecular weight is 221 g/mol. The van der Waals surface area contributed by atoms with E-state index < -0.39 is 0 Å². The van der Waals surface area contributed by atoms with Crippen LogP contribution in [0.4, 0.5) is 0 Å². The standard InChI is InChI=1S/C14H23NO/c1-3-15-13(10-12-6-9-16-11-12)14(2)7-4-5-8-14/h6,9,11,13,15H,3-5,7-8,10H2,1-2H3. The quantitative estimate of drug-likeness (QED) is 0.824. The molecule has 2 rings (SSSR count). The van der Waals surface area contributed by atoms with Gasteiger partial charge in [-0.1, -0.05) is 26.7 Å². The van der Waals surface area contributed by atoms with Gasteiger partial charge in [0.15, 0.2) is 0 Å². The molecule has 2 nitrogen and oxygen atoms in total. The van der Waals surface area contributed by atoms with Gasteiger partial charge in [-0.25, -0.2) is 0 Å². The molecule has 1 aromatic rings. The molecule has 16 heavy (non-hydrogen) atoms. The molecule has 1 aliphatic rings. The van der Waals surface area contributed by atoms with Crippen LogP contribution in [0.5, 0.6) is 0 Å². The molecular formula is C14H23NO. The van der Waals surface area contributed by atoms with Gasteiger partial charge in [-0.2, -0.15) is 0 Å². The highest BCUT2D eigenvalue weighted by Gasteiger charge is 2.36. The van der Waals surface area contributed by atoms with Crippen LogP contribution in [0.1, 0.15) is 45.1 Å². The summed E-state index contributed by atoms with van der Waals surface area (Å²) >= 11 is 0. The first-order valence-corrected chi connectivity index (χ1v) is 6.49. The van der Waals surface area contributed by atoms with Gasteiger partial charge in [-0.05, 0) is 42.9 Å². The number of rotatable bonds is 5. The van der Waals surface area contributed by atoms with Crippen molar-refractivity contribution >= 4 is 0 Å². The first-order chi connectivity index (χ1) is 7.74. The maximum atomic E-state index is 5.16. The number of hydrogen-bond acceptors (Lipinski definition) is 2. The molecule has 0 radical (unpaired) electrons. The molecule has 0 aliphatic heterocycles. The minimum absolute atomic E-state index is 0.479. The van der Waals surface area contributed by atoms with Crippen LogP contribution in [-0.2, 0) is 6.42 Å². The molecule has 1 aromatic heterocycles. The van der Waals surface area contributed by atoms with Gasteiger partial charge >= 0.3 is 0 Å². The summed E-state index contributed by atoms with van der Waals surface area (Å²) in [6, 6.07) is 2.68. The van der Waals surface area contributed by atoms with Crippen molar-refractivity contribution < 1.29 is 4.42 Å².